The lowest BCUT2D eigenvalue weighted by molar-refractivity contribution is -0.146. The van der Waals surface area contributed by atoms with Crippen LogP contribution in [0.4, 0.5) is 0 Å². The van der Waals surface area contributed by atoms with E-state index in [2.05, 4.69) is 15.9 Å². The highest BCUT2D eigenvalue weighted by Gasteiger charge is 2.40. The molecule has 1 fully saturated rings. The summed E-state index contributed by atoms with van der Waals surface area (Å²) in [5.74, 6) is 0.128. The normalized spacial score (nSPS) is 17.8. The molecule has 1 aliphatic heterocycles. The number of benzene rings is 1. The highest BCUT2D eigenvalue weighted by atomic mass is 79.9. The van der Waals surface area contributed by atoms with Crippen molar-refractivity contribution in [1.29, 1.82) is 0 Å². The van der Waals surface area contributed by atoms with Crippen molar-refractivity contribution in [2.24, 2.45) is 11.1 Å². The van der Waals surface area contributed by atoms with Crippen molar-refractivity contribution in [2.75, 3.05) is 26.8 Å². The molecule has 0 bridgehead atoms. The zero-order chi connectivity index (χ0) is 14.6. The Labute approximate surface area is 128 Å². The van der Waals surface area contributed by atoms with E-state index in [4.69, 9.17) is 10.5 Å². The summed E-state index contributed by atoms with van der Waals surface area (Å²) in [6, 6.07) is 8.01. The van der Waals surface area contributed by atoms with Crippen LogP contribution in [0.1, 0.15) is 18.4 Å². The van der Waals surface area contributed by atoms with Crippen molar-refractivity contribution >= 4 is 21.8 Å². The number of ether oxygens (including phenoxy) is 1. The first-order valence-electron chi connectivity index (χ1n) is 6.85. The fraction of sp³-hybridized carbons (Fsp3) is 0.533. The molecule has 0 radical (unpaired) electrons. The molecule has 1 saturated heterocycles. The Morgan fingerprint density at radius 2 is 2.15 bits per heavy atom. The maximum atomic E-state index is 12.7. The lowest BCUT2D eigenvalue weighted by Crippen LogP contribution is -2.49. The zero-order valence-electron chi connectivity index (χ0n) is 11.8. The number of nitrogens with two attached hydrogens (primary N) is 1. The van der Waals surface area contributed by atoms with Gasteiger partial charge >= 0.3 is 0 Å². The van der Waals surface area contributed by atoms with E-state index in [1.54, 1.807) is 4.90 Å². The lowest BCUT2D eigenvalue weighted by atomic mass is 9.79. The van der Waals surface area contributed by atoms with Crippen molar-refractivity contribution in [1.82, 2.24) is 4.90 Å². The molecule has 1 heterocycles. The smallest absolute Gasteiger partial charge is 0.230 e. The second-order valence-electron chi connectivity index (χ2n) is 5.39. The van der Waals surface area contributed by atoms with Crippen LogP contribution in [-0.4, -0.2) is 37.6 Å². The predicted molar refractivity (Wildman–Crippen MR) is 82.2 cm³/mol. The summed E-state index contributed by atoms with van der Waals surface area (Å²) >= 11 is 3.45. The fourth-order valence-electron chi connectivity index (χ4n) is 2.65. The number of nitrogens with zero attached hydrogens (tertiary/aromatic N) is 1. The third-order valence-corrected chi connectivity index (χ3v) is 4.44. The Morgan fingerprint density at radius 1 is 1.45 bits per heavy atom. The van der Waals surface area contributed by atoms with Crippen LogP contribution in [0.2, 0.25) is 0 Å². The number of carbonyl (C=O) groups is 1. The average molecular weight is 341 g/mol. The van der Waals surface area contributed by atoms with Gasteiger partial charge in [0, 0.05) is 37.8 Å². The molecule has 2 rings (SSSR count). The monoisotopic (exact) mass is 340 g/mol. The van der Waals surface area contributed by atoms with E-state index in [1.165, 1.54) is 0 Å². The van der Waals surface area contributed by atoms with Gasteiger partial charge in [0.25, 0.3) is 0 Å². The Morgan fingerprint density at radius 3 is 2.75 bits per heavy atom. The number of rotatable bonds is 4. The molecule has 0 atom stereocenters. The standard InChI is InChI=1S/C15H21BrN2O2/c1-18(10-12-3-2-4-13(16)9-12)14(19)15(11-17)5-7-20-8-6-15/h2-4,9H,5-8,10-11,17H2,1H3. The minimum Gasteiger partial charge on any atom is -0.381 e. The first-order chi connectivity index (χ1) is 9.57. The molecular formula is C15H21BrN2O2. The minimum absolute atomic E-state index is 0.128. The Hall–Kier alpha value is -0.910. The van der Waals surface area contributed by atoms with Crippen LogP contribution >= 0.6 is 15.9 Å². The number of hydrogen-bond donors (Lipinski definition) is 1. The van der Waals surface area contributed by atoms with Gasteiger partial charge in [-0.15, -0.1) is 0 Å². The summed E-state index contributed by atoms with van der Waals surface area (Å²) in [6.07, 6.45) is 1.43. The first kappa shape index (κ1) is 15.5. The van der Waals surface area contributed by atoms with E-state index in [-0.39, 0.29) is 5.91 Å². The largest absolute Gasteiger partial charge is 0.381 e. The maximum Gasteiger partial charge on any atom is 0.230 e. The summed E-state index contributed by atoms with van der Waals surface area (Å²) < 4.78 is 6.38. The molecule has 2 N–H and O–H groups in total. The average Bonchev–Trinajstić information content (AvgIpc) is 2.47. The van der Waals surface area contributed by atoms with Gasteiger partial charge in [-0.2, -0.15) is 0 Å². The third kappa shape index (κ3) is 3.40. The van der Waals surface area contributed by atoms with E-state index in [1.807, 2.05) is 31.3 Å². The van der Waals surface area contributed by atoms with E-state index in [0.717, 1.165) is 10.0 Å². The van der Waals surface area contributed by atoms with Gasteiger partial charge in [-0.05, 0) is 30.5 Å². The van der Waals surface area contributed by atoms with Crippen LogP contribution in [-0.2, 0) is 16.1 Å². The fourth-order valence-corrected chi connectivity index (χ4v) is 3.10. The maximum absolute atomic E-state index is 12.7. The molecule has 0 unspecified atom stereocenters. The van der Waals surface area contributed by atoms with Crippen LogP contribution in [0.5, 0.6) is 0 Å². The topological polar surface area (TPSA) is 55.6 Å². The number of halogens is 1. The quantitative estimate of drug-likeness (QED) is 0.913. The summed E-state index contributed by atoms with van der Waals surface area (Å²) in [4.78, 5) is 14.5. The van der Waals surface area contributed by atoms with Crippen molar-refractivity contribution < 1.29 is 9.53 Å². The Kier molecular flexibility index (Phi) is 5.18. The SMILES string of the molecule is CN(Cc1cccc(Br)c1)C(=O)C1(CN)CCOCC1. The summed E-state index contributed by atoms with van der Waals surface area (Å²) in [7, 11) is 1.84. The second-order valence-corrected chi connectivity index (χ2v) is 6.30. The summed E-state index contributed by atoms with van der Waals surface area (Å²) in [5.41, 5.74) is 6.54. The van der Waals surface area contributed by atoms with E-state index in [9.17, 15) is 4.79 Å². The molecule has 0 spiro atoms. The van der Waals surface area contributed by atoms with Crippen molar-refractivity contribution in [3.63, 3.8) is 0 Å². The molecule has 1 aromatic rings. The van der Waals surface area contributed by atoms with Crippen LogP contribution in [0, 0.1) is 5.41 Å². The van der Waals surface area contributed by atoms with Gasteiger partial charge in [0.05, 0.1) is 5.41 Å². The van der Waals surface area contributed by atoms with Crippen LogP contribution in [0.3, 0.4) is 0 Å². The van der Waals surface area contributed by atoms with Crippen LogP contribution in [0.25, 0.3) is 0 Å². The van der Waals surface area contributed by atoms with Crippen LogP contribution in [0.15, 0.2) is 28.7 Å². The molecule has 4 nitrogen and oxygen atoms in total. The van der Waals surface area contributed by atoms with Gasteiger partial charge in [-0.25, -0.2) is 0 Å². The molecule has 0 aliphatic carbocycles. The molecule has 1 aliphatic rings. The molecule has 20 heavy (non-hydrogen) atoms. The van der Waals surface area contributed by atoms with Crippen molar-refractivity contribution in [3.8, 4) is 0 Å². The van der Waals surface area contributed by atoms with Crippen LogP contribution < -0.4 is 5.73 Å². The molecule has 5 heteroatoms. The highest BCUT2D eigenvalue weighted by molar-refractivity contribution is 9.10. The van der Waals surface area contributed by atoms with E-state index >= 15 is 0 Å². The molecular weight excluding hydrogens is 320 g/mol. The van der Waals surface area contributed by atoms with Gasteiger partial charge in [0.15, 0.2) is 0 Å². The van der Waals surface area contributed by atoms with Gasteiger partial charge in [0.1, 0.15) is 0 Å². The van der Waals surface area contributed by atoms with E-state index < -0.39 is 5.41 Å². The van der Waals surface area contributed by atoms with Gasteiger partial charge < -0.3 is 15.4 Å². The predicted octanol–water partition coefficient (Wildman–Crippen LogP) is 2.16. The van der Waals surface area contributed by atoms with E-state index in [0.29, 0.717) is 39.1 Å². The van der Waals surface area contributed by atoms with Crippen molar-refractivity contribution in [3.05, 3.63) is 34.3 Å². The molecule has 0 aromatic heterocycles. The van der Waals surface area contributed by atoms with Crippen molar-refractivity contribution in [2.45, 2.75) is 19.4 Å². The minimum atomic E-state index is -0.445. The summed E-state index contributed by atoms with van der Waals surface area (Å²) in [5, 5.41) is 0. The molecule has 0 saturated carbocycles. The zero-order valence-corrected chi connectivity index (χ0v) is 13.4. The lowest BCUT2D eigenvalue weighted by Gasteiger charge is -2.37. The second kappa shape index (κ2) is 6.70. The number of carbonyl (C=O) groups excluding carboxylic acids is 1. The molecule has 1 aromatic carbocycles. The molecule has 110 valence electrons. The summed E-state index contributed by atoms with van der Waals surface area (Å²) in [6.45, 7) is 2.22. The van der Waals surface area contributed by atoms with Gasteiger partial charge in [-0.3, -0.25) is 4.79 Å². The highest BCUT2D eigenvalue weighted by Crippen LogP contribution is 2.31. The Balaban J connectivity index is 2.07. The third-order valence-electron chi connectivity index (χ3n) is 3.95. The number of hydrogen-bond acceptors (Lipinski definition) is 3. The van der Waals surface area contributed by atoms with Gasteiger partial charge in [0.2, 0.25) is 5.91 Å². The first-order valence-corrected chi connectivity index (χ1v) is 7.64. The Bertz CT molecular complexity index is 473. The number of amides is 1. The molecule has 1 amide bonds. The van der Waals surface area contributed by atoms with Gasteiger partial charge in [-0.1, -0.05) is 28.1 Å².